The standard InChI is InChI=1S/C13H18N2O4/c1-9-7-10(5-6-19-9)14-12-8-11(18-2)3-4-13(12)15(16)17/h3-4,8-10,14H,5-7H2,1-2H3. The first-order valence-corrected chi connectivity index (χ1v) is 6.30. The monoisotopic (exact) mass is 266 g/mol. The minimum atomic E-state index is -0.384. The maximum Gasteiger partial charge on any atom is 0.292 e. The average molecular weight is 266 g/mol. The van der Waals surface area contributed by atoms with E-state index in [1.54, 1.807) is 19.2 Å². The molecule has 1 aromatic rings. The molecule has 1 heterocycles. The molecule has 0 amide bonds. The summed E-state index contributed by atoms with van der Waals surface area (Å²) in [7, 11) is 1.54. The number of ether oxygens (including phenoxy) is 2. The molecule has 1 N–H and O–H groups in total. The Bertz CT molecular complexity index is 464. The third kappa shape index (κ3) is 3.35. The molecule has 0 spiro atoms. The number of anilines is 1. The summed E-state index contributed by atoms with van der Waals surface area (Å²) in [5.74, 6) is 0.605. The summed E-state index contributed by atoms with van der Waals surface area (Å²) in [4.78, 5) is 10.6. The number of hydrogen-bond donors (Lipinski definition) is 1. The third-order valence-corrected chi connectivity index (χ3v) is 3.25. The first kappa shape index (κ1) is 13.6. The predicted molar refractivity (Wildman–Crippen MR) is 71.7 cm³/mol. The van der Waals surface area contributed by atoms with Crippen molar-refractivity contribution in [2.75, 3.05) is 19.0 Å². The van der Waals surface area contributed by atoms with E-state index in [1.165, 1.54) is 6.07 Å². The molecule has 2 atom stereocenters. The van der Waals surface area contributed by atoms with Crippen LogP contribution in [0.5, 0.6) is 5.75 Å². The van der Waals surface area contributed by atoms with Crippen LogP contribution in [0.15, 0.2) is 18.2 Å². The van der Waals surface area contributed by atoms with Gasteiger partial charge in [0.15, 0.2) is 0 Å². The molecule has 6 heteroatoms. The smallest absolute Gasteiger partial charge is 0.292 e. The van der Waals surface area contributed by atoms with E-state index in [9.17, 15) is 10.1 Å². The average Bonchev–Trinajstić information content (AvgIpc) is 2.38. The van der Waals surface area contributed by atoms with Gasteiger partial charge in [0.1, 0.15) is 11.4 Å². The van der Waals surface area contributed by atoms with Crippen LogP contribution in [-0.4, -0.2) is 30.8 Å². The van der Waals surface area contributed by atoms with Crippen molar-refractivity contribution < 1.29 is 14.4 Å². The predicted octanol–water partition coefficient (Wildman–Crippen LogP) is 2.58. The highest BCUT2D eigenvalue weighted by Crippen LogP contribution is 2.30. The molecule has 19 heavy (non-hydrogen) atoms. The van der Waals surface area contributed by atoms with Gasteiger partial charge in [0.25, 0.3) is 5.69 Å². The molecular formula is C13H18N2O4. The zero-order valence-corrected chi connectivity index (χ0v) is 11.1. The highest BCUT2D eigenvalue weighted by atomic mass is 16.6. The molecule has 1 fully saturated rings. The Kier molecular flexibility index (Phi) is 4.21. The minimum absolute atomic E-state index is 0.0694. The molecule has 1 aromatic carbocycles. The second-order valence-corrected chi connectivity index (χ2v) is 4.69. The molecule has 1 aliphatic heterocycles. The maximum atomic E-state index is 11.0. The lowest BCUT2D eigenvalue weighted by molar-refractivity contribution is -0.384. The Balaban J connectivity index is 2.19. The van der Waals surface area contributed by atoms with E-state index >= 15 is 0 Å². The third-order valence-electron chi connectivity index (χ3n) is 3.25. The lowest BCUT2D eigenvalue weighted by atomic mass is 10.0. The first-order valence-electron chi connectivity index (χ1n) is 6.30. The van der Waals surface area contributed by atoms with E-state index in [0.717, 1.165) is 12.8 Å². The van der Waals surface area contributed by atoms with Crippen LogP contribution in [0.3, 0.4) is 0 Å². The number of hydrogen-bond acceptors (Lipinski definition) is 5. The Labute approximate surface area is 111 Å². The molecule has 2 unspecified atom stereocenters. The van der Waals surface area contributed by atoms with Crippen LogP contribution in [0.2, 0.25) is 0 Å². The fourth-order valence-electron chi connectivity index (χ4n) is 2.27. The molecule has 6 nitrogen and oxygen atoms in total. The van der Waals surface area contributed by atoms with Crippen molar-refractivity contribution in [1.82, 2.24) is 0 Å². The quantitative estimate of drug-likeness (QED) is 0.669. The molecule has 0 saturated carbocycles. The largest absolute Gasteiger partial charge is 0.497 e. The molecule has 0 aromatic heterocycles. The zero-order valence-electron chi connectivity index (χ0n) is 11.1. The number of nitro groups is 1. The van der Waals surface area contributed by atoms with Crippen molar-refractivity contribution >= 4 is 11.4 Å². The molecule has 0 bridgehead atoms. The van der Waals surface area contributed by atoms with Gasteiger partial charge in [-0.2, -0.15) is 0 Å². The van der Waals surface area contributed by atoms with E-state index < -0.39 is 0 Å². The maximum absolute atomic E-state index is 11.0. The van der Waals surface area contributed by atoms with E-state index in [-0.39, 0.29) is 22.8 Å². The summed E-state index contributed by atoms with van der Waals surface area (Å²) in [5, 5.41) is 14.3. The number of nitrogens with one attached hydrogen (secondary N) is 1. The molecule has 2 rings (SSSR count). The van der Waals surface area contributed by atoms with Crippen molar-refractivity contribution in [1.29, 1.82) is 0 Å². The summed E-state index contributed by atoms with van der Waals surface area (Å²) >= 11 is 0. The lowest BCUT2D eigenvalue weighted by Gasteiger charge is -2.28. The van der Waals surface area contributed by atoms with Gasteiger partial charge in [0.05, 0.1) is 18.1 Å². The summed E-state index contributed by atoms with van der Waals surface area (Å²) in [6, 6.07) is 4.91. The van der Waals surface area contributed by atoms with Crippen molar-refractivity contribution in [3.8, 4) is 5.75 Å². The van der Waals surface area contributed by atoms with Gasteiger partial charge >= 0.3 is 0 Å². The van der Waals surface area contributed by atoms with Gasteiger partial charge in [0, 0.05) is 24.8 Å². The van der Waals surface area contributed by atoms with Crippen molar-refractivity contribution in [3.63, 3.8) is 0 Å². The van der Waals surface area contributed by atoms with E-state index in [1.807, 2.05) is 6.92 Å². The van der Waals surface area contributed by atoms with Crippen LogP contribution < -0.4 is 10.1 Å². The SMILES string of the molecule is COc1ccc([N+](=O)[O-])c(NC2CCOC(C)C2)c1. The Morgan fingerprint density at radius 2 is 2.32 bits per heavy atom. The molecule has 0 radical (unpaired) electrons. The molecule has 0 aliphatic carbocycles. The van der Waals surface area contributed by atoms with Crippen LogP contribution >= 0.6 is 0 Å². The fourth-order valence-corrected chi connectivity index (χ4v) is 2.27. The topological polar surface area (TPSA) is 73.6 Å². The van der Waals surface area contributed by atoms with Crippen LogP contribution in [-0.2, 0) is 4.74 Å². The Morgan fingerprint density at radius 1 is 1.53 bits per heavy atom. The number of nitro benzene ring substituents is 1. The van der Waals surface area contributed by atoms with Gasteiger partial charge < -0.3 is 14.8 Å². The summed E-state index contributed by atoms with van der Waals surface area (Å²) in [6.07, 6.45) is 1.86. The molecule has 1 saturated heterocycles. The highest BCUT2D eigenvalue weighted by molar-refractivity contribution is 5.64. The first-order chi connectivity index (χ1) is 9.10. The minimum Gasteiger partial charge on any atom is -0.497 e. The number of nitrogens with zero attached hydrogens (tertiary/aromatic N) is 1. The molecular weight excluding hydrogens is 248 g/mol. The second-order valence-electron chi connectivity index (χ2n) is 4.69. The fraction of sp³-hybridized carbons (Fsp3) is 0.538. The van der Waals surface area contributed by atoms with Gasteiger partial charge in [-0.15, -0.1) is 0 Å². The van der Waals surface area contributed by atoms with Crippen LogP contribution in [0.4, 0.5) is 11.4 Å². The van der Waals surface area contributed by atoms with E-state index in [4.69, 9.17) is 9.47 Å². The zero-order chi connectivity index (χ0) is 13.8. The van der Waals surface area contributed by atoms with Gasteiger partial charge in [-0.1, -0.05) is 0 Å². The molecule has 1 aliphatic rings. The Morgan fingerprint density at radius 3 is 2.95 bits per heavy atom. The molecule has 104 valence electrons. The van der Waals surface area contributed by atoms with Gasteiger partial charge in [-0.3, -0.25) is 10.1 Å². The lowest BCUT2D eigenvalue weighted by Crippen LogP contribution is -2.32. The highest BCUT2D eigenvalue weighted by Gasteiger charge is 2.22. The van der Waals surface area contributed by atoms with Crippen molar-refractivity contribution in [2.45, 2.75) is 31.9 Å². The second kappa shape index (κ2) is 5.88. The number of rotatable bonds is 4. The van der Waals surface area contributed by atoms with Crippen molar-refractivity contribution in [2.24, 2.45) is 0 Å². The van der Waals surface area contributed by atoms with Gasteiger partial charge in [0.2, 0.25) is 0 Å². The van der Waals surface area contributed by atoms with Gasteiger partial charge in [-0.25, -0.2) is 0 Å². The number of methoxy groups -OCH3 is 1. The summed E-state index contributed by atoms with van der Waals surface area (Å²) in [6.45, 7) is 2.68. The summed E-state index contributed by atoms with van der Waals surface area (Å²) < 4.78 is 10.6. The normalized spacial score (nSPS) is 22.8. The van der Waals surface area contributed by atoms with E-state index in [2.05, 4.69) is 5.32 Å². The van der Waals surface area contributed by atoms with Crippen LogP contribution in [0, 0.1) is 10.1 Å². The van der Waals surface area contributed by atoms with Crippen LogP contribution in [0.25, 0.3) is 0 Å². The van der Waals surface area contributed by atoms with E-state index in [0.29, 0.717) is 18.0 Å². The van der Waals surface area contributed by atoms with Gasteiger partial charge in [-0.05, 0) is 25.8 Å². The summed E-state index contributed by atoms with van der Waals surface area (Å²) in [5.41, 5.74) is 0.573. The van der Waals surface area contributed by atoms with Crippen molar-refractivity contribution in [3.05, 3.63) is 28.3 Å². The Hall–Kier alpha value is -1.82. The number of benzene rings is 1. The van der Waals surface area contributed by atoms with Crippen LogP contribution in [0.1, 0.15) is 19.8 Å².